The summed E-state index contributed by atoms with van der Waals surface area (Å²) in [5, 5.41) is 3.95. The first-order valence-electron chi connectivity index (χ1n) is 6.53. The van der Waals surface area contributed by atoms with Crippen molar-refractivity contribution in [3.05, 3.63) is 71.8 Å². The maximum absolute atomic E-state index is 6.24. The highest BCUT2D eigenvalue weighted by Gasteiger charge is 2.10. The molecule has 0 aliphatic carbocycles. The van der Waals surface area contributed by atoms with Gasteiger partial charge in [0.25, 0.3) is 0 Å². The molecule has 1 aromatic carbocycles. The molecule has 0 radical (unpaired) electrons. The van der Waals surface area contributed by atoms with Gasteiger partial charge in [-0.05, 0) is 23.8 Å². The molecule has 2 aromatic heterocycles. The highest BCUT2D eigenvalue weighted by molar-refractivity contribution is 6.33. The normalized spacial score (nSPS) is 10.3. The Labute approximate surface area is 127 Å². The van der Waals surface area contributed by atoms with Crippen LogP contribution in [0.1, 0.15) is 5.56 Å². The molecule has 3 aromatic rings. The molecule has 1 N–H and O–H groups in total. The van der Waals surface area contributed by atoms with E-state index >= 15 is 0 Å². The zero-order valence-corrected chi connectivity index (χ0v) is 12.0. The third-order valence-electron chi connectivity index (χ3n) is 3.04. The van der Waals surface area contributed by atoms with Crippen molar-refractivity contribution < 1.29 is 0 Å². The second-order valence-electron chi connectivity index (χ2n) is 4.44. The second kappa shape index (κ2) is 6.33. The van der Waals surface area contributed by atoms with Crippen LogP contribution in [0.25, 0.3) is 11.3 Å². The van der Waals surface area contributed by atoms with Crippen LogP contribution in [0.5, 0.6) is 0 Å². The van der Waals surface area contributed by atoms with E-state index in [0.29, 0.717) is 17.4 Å². The molecule has 0 spiro atoms. The summed E-state index contributed by atoms with van der Waals surface area (Å²) >= 11 is 6.24. The summed E-state index contributed by atoms with van der Waals surface area (Å²) < 4.78 is 0. The Morgan fingerprint density at radius 1 is 0.905 bits per heavy atom. The minimum Gasteiger partial charge on any atom is -0.364 e. The topological polar surface area (TPSA) is 50.7 Å². The highest BCUT2D eigenvalue weighted by Crippen LogP contribution is 2.30. The fraction of sp³-hybridized carbons (Fsp3) is 0.0625. The standard InChI is InChI=1S/C16H13ClN4/c17-14-4-2-1-3-13(14)15-16(20-10-9-19-15)21-11-12-5-7-18-8-6-12/h1-10H,11H2,(H,20,21). The molecule has 0 saturated carbocycles. The molecular formula is C16H13ClN4. The van der Waals surface area contributed by atoms with Crippen molar-refractivity contribution in [3.63, 3.8) is 0 Å². The molecule has 0 fully saturated rings. The average molecular weight is 297 g/mol. The SMILES string of the molecule is Clc1ccccc1-c1nccnc1NCc1ccncc1. The van der Waals surface area contributed by atoms with E-state index in [-0.39, 0.29) is 0 Å². The molecule has 5 heteroatoms. The van der Waals surface area contributed by atoms with E-state index < -0.39 is 0 Å². The van der Waals surface area contributed by atoms with Gasteiger partial charge in [-0.3, -0.25) is 9.97 Å². The van der Waals surface area contributed by atoms with Crippen molar-refractivity contribution >= 4 is 17.4 Å². The smallest absolute Gasteiger partial charge is 0.152 e. The number of rotatable bonds is 4. The number of anilines is 1. The Kier molecular flexibility index (Phi) is 4.07. The van der Waals surface area contributed by atoms with Crippen molar-refractivity contribution in [2.24, 2.45) is 0 Å². The largest absolute Gasteiger partial charge is 0.364 e. The first kappa shape index (κ1) is 13.5. The van der Waals surface area contributed by atoms with Gasteiger partial charge in [0.05, 0.1) is 5.02 Å². The summed E-state index contributed by atoms with van der Waals surface area (Å²) in [6.07, 6.45) is 6.86. The number of hydrogen-bond donors (Lipinski definition) is 1. The molecule has 104 valence electrons. The predicted molar refractivity (Wildman–Crippen MR) is 84.0 cm³/mol. The number of pyridine rings is 1. The van der Waals surface area contributed by atoms with Crippen LogP contribution in [0, 0.1) is 0 Å². The zero-order chi connectivity index (χ0) is 14.5. The quantitative estimate of drug-likeness (QED) is 0.795. The van der Waals surface area contributed by atoms with Crippen LogP contribution in [0.15, 0.2) is 61.2 Å². The van der Waals surface area contributed by atoms with E-state index in [4.69, 9.17) is 11.6 Å². The monoisotopic (exact) mass is 296 g/mol. The van der Waals surface area contributed by atoms with E-state index in [1.54, 1.807) is 24.8 Å². The average Bonchev–Trinajstić information content (AvgIpc) is 2.55. The molecule has 0 bridgehead atoms. The Hall–Kier alpha value is -2.46. The molecule has 0 unspecified atom stereocenters. The molecule has 0 aliphatic rings. The van der Waals surface area contributed by atoms with Crippen molar-refractivity contribution in [1.29, 1.82) is 0 Å². The molecule has 0 saturated heterocycles. The maximum Gasteiger partial charge on any atom is 0.152 e. The summed E-state index contributed by atoms with van der Waals surface area (Å²) in [5.41, 5.74) is 2.74. The van der Waals surface area contributed by atoms with E-state index in [2.05, 4.69) is 20.3 Å². The minimum atomic E-state index is 0.651. The third kappa shape index (κ3) is 3.17. The summed E-state index contributed by atoms with van der Waals surface area (Å²) in [5.74, 6) is 0.711. The van der Waals surface area contributed by atoms with E-state index in [0.717, 1.165) is 16.8 Å². The summed E-state index contributed by atoms with van der Waals surface area (Å²) in [7, 11) is 0. The van der Waals surface area contributed by atoms with Gasteiger partial charge in [-0.1, -0.05) is 29.8 Å². The van der Waals surface area contributed by atoms with Gasteiger partial charge >= 0.3 is 0 Å². The fourth-order valence-corrected chi connectivity index (χ4v) is 2.23. The van der Waals surface area contributed by atoms with Crippen molar-refractivity contribution in [3.8, 4) is 11.3 Å². The highest BCUT2D eigenvalue weighted by atomic mass is 35.5. The Balaban J connectivity index is 1.88. The van der Waals surface area contributed by atoms with Crippen LogP contribution in [0.4, 0.5) is 5.82 Å². The van der Waals surface area contributed by atoms with Gasteiger partial charge < -0.3 is 5.32 Å². The summed E-state index contributed by atoms with van der Waals surface area (Å²) in [6.45, 7) is 0.651. The van der Waals surface area contributed by atoms with Crippen molar-refractivity contribution in [2.75, 3.05) is 5.32 Å². The second-order valence-corrected chi connectivity index (χ2v) is 4.85. The molecular weight excluding hydrogens is 284 g/mol. The summed E-state index contributed by atoms with van der Waals surface area (Å²) in [4.78, 5) is 12.8. The van der Waals surface area contributed by atoms with Gasteiger partial charge in [0.15, 0.2) is 5.82 Å². The van der Waals surface area contributed by atoms with E-state index in [1.807, 2.05) is 36.4 Å². The lowest BCUT2D eigenvalue weighted by Gasteiger charge is -2.11. The van der Waals surface area contributed by atoms with Crippen LogP contribution in [-0.2, 0) is 6.54 Å². The Morgan fingerprint density at radius 2 is 1.67 bits per heavy atom. The molecule has 4 nitrogen and oxygen atoms in total. The van der Waals surface area contributed by atoms with Crippen LogP contribution < -0.4 is 5.32 Å². The van der Waals surface area contributed by atoms with Gasteiger partial charge in [0.2, 0.25) is 0 Å². The lowest BCUT2D eigenvalue weighted by atomic mass is 10.1. The number of aromatic nitrogens is 3. The van der Waals surface area contributed by atoms with Crippen molar-refractivity contribution in [2.45, 2.75) is 6.54 Å². The van der Waals surface area contributed by atoms with Crippen molar-refractivity contribution in [1.82, 2.24) is 15.0 Å². The maximum atomic E-state index is 6.24. The number of nitrogens with zero attached hydrogens (tertiary/aromatic N) is 3. The number of halogens is 1. The lowest BCUT2D eigenvalue weighted by Crippen LogP contribution is -2.04. The van der Waals surface area contributed by atoms with Gasteiger partial charge in [-0.25, -0.2) is 4.98 Å². The predicted octanol–water partition coefficient (Wildman–Crippen LogP) is 3.80. The van der Waals surface area contributed by atoms with Gasteiger partial charge in [-0.2, -0.15) is 0 Å². The van der Waals surface area contributed by atoms with E-state index in [1.165, 1.54) is 0 Å². The Bertz CT molecular complexity index is 731. The molecule has 0 atom stereocenters. The molecule has 0 amide bonds. The molecule has 2 heterocycles. The molecule has 0 aliphatic heterocycles. The third-order valence-corrected chi connectivity index (χ3v) is 3.37. The van der Waals surface area contributed by atoms with Gasteiger partial charge in [0.1, 0.15) is 5.69 Å². The van der Waals surface area contributed by atoms with Gasteiger partial charge in [0, 0.05) is 36.9 Å². The molecule has 3 rings (SSSR count). The fourth-order valence-electron chi connectivity index (χ4n) is 2.00. The van der Waals surface area contributed by atoms with Crippen LogP contribution >= 0.6 is 11.6 Å². The number of benzene rings is 1. The Morgan fingerprint density at radius 3 is 2.48 bits per heavy atom. The summed E-state index contributed by atoms with van der Waals surface area (Å²) in [6, 6.07) is 11.5. The number of nitrogens with one attached hydrogen (secondary N) is 1. The van der Waals surface area contributed by atoms with Crippen LogP contribution in [0.3, 0.4) is 0 Å². The lowest BCUT2D eigenvalue weighted by molar-refractivity contribution is 1.08. The molecule has 21 heavy (non-hydrogen) atoms. The zero-order valence-electron chi connectivity index (χ0n) is 11.2. The first-order chi connectivity index (χ1) is 10.3. The van der Waals surface area contributed by atoms with E-state index in [9.17, 15) is 0 Å². The van der Waals surface area contributed by atoms with Crippen LogP contribution in [-0.4, -0.2) is 15.0 Å². The number of hydrogen-bond acceptors (Lipinski definition) is 4. The minimum absolute atomic E-state index is 0.651. The van der Waals surface area contributed by atoms with Crippen LogP contribution in [0.2, 0.25) is 5.02 Å². The van der Waals surface area contributed by atoms with Gasteiger partial charge in [-0.15, -0.1) is 0 Å². The first-order valence-corrected chi connectivity index (χ1v) is 6.91.